The second-order valence-corrected chi connectivity index (χ2v) is 5.09. The summed E-state index contributed by atoms with van der Waals surface area (Å²) in [6, 6.07) is 12.0. The van der Waals surface area contributed by atoms with Crippen LogP contribution < -0.4 is 10.5 Å². The molecule has 1 heterocycles. The largest absolute Gasteiger partial charge is 0.488 e. The van der Waals surface area contributed by atoms with Crippen LogP contribution in [0.15, 0.2) is 36.4 Å². The fraction of sp³-hybridized carbons (Fsp3) is 0.235. The van der Waals surface area contributed by atoms with E-state index in [9.17, 15) is 0 Å². The molecule has 3 nitrogen and oxygen atoms in total. The third-order valence-electron chi connectivity index (χ3n) is 3.71. The zero-order chi connectivity index (χ0) is 14.1. The van der Waals surface area contributed by atoms with Crippen molar-refractivity contribution in [2.45, 2.75) is 19.4 Å². The number of ether oxygens (including phenoxy) is 1. The van der Waals surface area contributed by atoms with Gasteiger partial charge in [0.15, 0.2) is 5.69 Å². The Balaban J connectivity index is 2.20. The van der Waals surface area contributed by atoms with Gasteiger partial charge in [-0.2, -0.15) is 0 Å². The summed E-state index contributed by atoms with van der Waals surface area (Å²) in [7, 11) is 0. The molecule has 0 fully saturated rings. The molecule has 0 spiro atoms. The minimum absolute atomic E-state index is 0.0220. The lowest BCUT2D eigenvalue weighted by Gasteiger charge is -2.13. The predicted octanol–water partition coefficient (Wildman–Crippen LogP) is 3.48. The summed E-state index contributed by atoms with van der Waals surface area (Å²) in [6.07, 6.45) is 0.808. The number of nitrogens with zero attached hydrogens (tertiary/aromatic N) is 1. The Kier molecular flexibility index (Phi) is 3.17. The highest BCUT2D eigenvalue weighted by Gasteiger charge is 2.26. The summed E-state index contributed by atoms with van der Waals surface area (Å²) in [6.45, 7) is 9.84. The van der Waals surface area contributed by atoms with E-state index in [0.717, 1.165) is 28.9 Å². The van der Waals surface area contributed by atoms with E-state index in [1.807, 2.05) is 24.3 Å². The van der Waals surface area contributed by atoms with Gasteiger partial charge in [0.1, 0.15) is 11.9 Å². The zero-order valence-corrected chi connectivity index (χ0v) is 11.4. The molecule has 0 amide bonds. The maximum atomic E-state index is 7.27. The average Bonchev–Trinajstić information content (AvgIpc) is 2.90. The molecule has 2 aromatic rings. The molecule has 1 unspecified atom stereocenters. The molecule has 2 aromatic carbocycles. The summed E-state index contributed by atoms with van der Waals surface area (Å²) >= 11 is 0. The summed E-state index contributed by atoms with van der Waals surface area (Å²) in [5.74, 6) is 0.891. The molecule has 0 saturated carbocycles. The maximum Gasteiger partial charge on any atom is 0.188 e. The minimum Gasteiger partial charge on any atom is -0.488 e. The molecule has 0 bridgehead atoms. The smallest absolute Gasteiger partial charge is 0.188 e. The molecule has 20 heavy (non-hydrogen) atoms. The Bertz CT molecular complexity index is 701. The van der Waals surface area contributed by atoms with E-state index in [1.165, 1.54) is 5.56 Å². The Morgan fingerprint density at radius 3 is 2.80 bits per heavy atom. The summed E-state index contributed by atoms with van der Waals surface area (Å²) in [5.41, 5.74) is 10.8. The third kappa shape index (κ3) is 2.04. The van der Waals surface area contributed by atoms with Crippen LogP contribution in [-0.2, 0) is 6.42 Å². The Morgan fingerprint density at radius 1 is 1.30 bits per heavy atom. The molecular weight excluding hydrogens is 248 g/mol. The van der Waals surface area contributed by atoms with Crippen molar-refractivity contribution in [1.29, 1.82) is 0 Å². The van der Waals surface area contributed by atoms with Gasteiger partial charge >= 0.3 is 0 Å². The van der Waals surface area contributed by atoms with Crippen molar-refractivity contribution in [2.24, 2.45) is 5.73 Å². The van der Waals surface area contributed by atoms with Gasteiger partial charge in [0.25, 0.3) is 0 Å². The summed E-state index contributed by atoms with van der Waals surface area (Å²) in [5, 5.41) is 0. The third-order valence-corrected chi connectivity index (χ3v) is 3.71. The molecule has 3 rings (SSSR count). The van der Waals surface area contributed by atoms with E-state index < -0.39 is 0 Å². The van der Waals surface area contributed by atoms with Crippen LogP contribution in [0.25, 0.3) is 16.0 Å². The minimum atomic E-state index is 0.0220. The first-order valence-electron chi connectivity index (χ1n) is 6.70. The number of rotatable bonds is 2. The standard InChI is InChI=1S/C17H16N2O/c1-11-5-3-4-6-15(11)16-9-13(19-2)7-12-8-14(10-18)20-17(12)16/h3-7,9,14H,8,10,18H2,1H3. The van der Waals surface area contributed by atoms with Crippen LogP contribution >= 0.6 is 0 Å². The van der Waals surface area contributed by atoms with Crippen molar-refractivity contribution in [3.05, 3.63) is 58.9 Å². The Hall–Kier alpha value is -2.31. The molecule has 1 aliphatic rings. The van der Waals surface area contributed by atoms with Gasteiger partial charge in [-0.05, 0) is 35.7 Å². The van der Waals surface area contributed by atoms with Crippen molar-refractivity contribution in [3.63, 3.8) is 0 Å². The quantitative estimate of drug-likeness (QED) is 0.843. The van der Waals surface area contributed by atoms with Crippen LogP contribution in [0.2, 0.25) is 0 Å². The van der Waals surface area contributed by atoms with E-state index in [-0.39, 0.29) is 6.10 Å². The summed E-state index contributed by atoms with van der Waals surface area (Å²) < 4.78 is 5.97. The lowest BCUT2D eigenvalue weighted by molar-refractivity contribution is 0.242. The summed E-state index contributed by atoms with van der Waals surface area (Å²) in [4.78, 5) is 3.58. The first-order valence-corrected chi connectivity index (χ1v) is 6.70. The Labute approximate surface area is 118 Å². The van der Waals surface area contributed by atoms with Gasteiger partial charge in [0, 0.05) is 18.5 Å². The van der Waals surface area contributed by atoms with Gasteiger partial charge in [-0.25, -0.2) is 4.85 Å². The zero-order valence-electron chi connectivity index (χ0n) is 11.4. The van der Waals surface area contributed by atoms with Gasteiger partial charge in [-0.3, -0.25) is 0 Å². The number of hydrogen-bond acceptors (Lipinski definition) is 2. The van der Waals surface area contributed by atoms with Crippen LogP contribution in [0.5, 0.6) is 5.75 Å². The fourth-order valence-electron chi connectivity index (χ4n) is 2.69. The van der Waals surface area contributed by atoms with Gasteiger partial charge < -0.3 is 10.5 Å². The van der Waals surface area contributed by atoms with Gasteiger partial charge in [-0.15, -0.1) is 0 Å². The molecule has 0 aromatic heterocycles. The lowest BCUT2D eigenvalue weighted by Crippen LogP contribution is -2.24. The van der Waals surface area contributed by atoms with Crippen LogP contribution in [0.3, 0.4) is 0 Å². The second-order valence-electron chi connectivity index (χ2n) is 5.09. The average molecular weight is 264 g/mol. The predicted molar refractivity (Wildman–Crippen MR) is 80.1 cm³/mol. The Morgan fingerprint density at radius 2 is 2.10 bits per heavy atom. The molecule has 2 N–H and O–H groups in total. The van der Waals surface area contributed by atoms with Gasteiger partial charge in [0.2, 0.25) is 0 Å². The van der Waals surface area contributed by atoms with Crippen molar-refractivity contribution in [1.82, 2.24) is 0 Å². The number of nitrogens with two attached hydrogens (primary N) is 1. The lowest BCUT2D eigenvalue weighted by atomic mass is 9.96. The van der Waals surface area contributed by atoms with E-state index in [0.29, 0.717) is 12.2 Å². The van der Waals surface area contributed by atoms with E-state index in [2.05, 4.69) is 23.9 Å². The molecular formula is C17H16N2O. The number of benzene rings is 2. The number of aryl methyl sites for hydroxylation is 1. The first-order chi connectivity index (χ1) is 9.72. The second kappa shape index (κ2) is 4.99. The van der Waals surface area contributed by atoms with Crippen molar-refractivity contribution in [2.75, 3.05) is 6.54 Å². The van der Waals surface area contributed by atoms with Gasteiger partial charge in [0.05, 0.1) is 6.57 Å². The van der Waals surface area contributed by atoms with E-state index in [1.54, 1.807) is 0 Å². The van der Waals surface area contributed by atoms with Crippen LogP contribution in [-0.4, -0.2) is 12.6 Å². The van der Waals surface area contributed by atoms with Crippen LogP contribution in [0.1, 0.15) is 11.1 Å². The SMILES string of the molecule is [C-]#[N+]c1cc2c(c(-c3ccccc3C)c1)OC(CN)C2. The molecule has 3 heteroatoms. The monoisotopic (exact) mass is 264 g/mol. The van der Waals surface area contributed by atoms with Crippen molar-refractivity contribution < 1.29 is 4.74 Å². The molecule has 1 aliphatic heterocycles. The first kappa shape index (κ1) is 12.7. The van der Waals surface area contributed by atoms with Crippen LogP contribution in [0.4, 0.5) is 5.69 Å². The van der Waals surface area contributed by atoms with E-state index in [4.69, 9.17) is 17.0 Å². The highest BCUT2D eigenvalue weighted by atomic mass is 16.5. The fourth-order valence-corrected chi connectivity index (χ4v) is 2.69. The molecule has 100 valence electrons. The molecule has 0 aliphatic carbocycles. The number of fused-ring (bicyclic) bond motifs is 1. The number of hydrogen-bond donors (Lipinski definition) is 1. The maximum absolute atomic E-state index is 7.27. The normalized spacial score (nSPS) is 16.4. The van der Waals surface area contributed by atoms with Crippen molar-refractivity contribution >= 4 is 5.69 Å². The van der Waals surface area contributed by atoms with Crippen molar-refractivity contribution in [3.8, 4) is 16.9 Å². The molecule has 0 radical (unpaired) electrons. The van der Waals surface area contributed by atoms with E-state index >= 15 is 0 Å². The highest BCUT2D eigenvalue weighted by molar-refractivity contribution is 5.79. The highest BCUT2D eigenvalue weighted by Crippen LogP contribution is 2.42. The van der Waals surface area contributed by atoms with Gasteiger partial charge in [-0.1, -0.05) is 24.3 Å². The molecule has 0 saturated heterocycles. The molecule has 1 atom stereocenters. The topological polar surface area (TPSA) is 39.6 Å². The van der Waals surface area contributed by atoms with Crippen LogP contribution in [0, 0.1) is 13.5 Å².